The number of nitrogens with one attached hydrogen (secondary N) is 2. The molecule has 1 atom stereocenters. The maximum atomic E-state index is 14.1. The molecule has 0 bridgehead atoms. The first-order chi connectivity index (χ1) is 15.6. The third kappa shape index (κ3) is 3.49. The van der Waals surface area contributed by atoms with E-state index in [1.807, 2.05) is 0 Å². The highest BCUT2D eigenvalue weighted by atomic mass is 19.1. The molecule has 3 heterocycles. The summed E-state index contributed by atoms with van der Waals surface area (Å²) >= 11 is 0. The van der Waals surface area contributed by atoms with Crippen LogP contribution in [0.4, 0.5) is 10.2 Å². The molecule has 10 heteroatoms. The van der Waals surface area contributed by atoms with Gasteiger partial charge in [-0.2, -0.15) is 0 Å². The van der Waals surface area contributed by atoms with Crippen molar-refractivity contribution in [2.24, 2.45) is 0 Å². The minimum atomic E-state index is -1.16. The van der Waals surface area contributed by atoms with E-state index in [1.54, 1.807) is 26.8 Å². The number of amides is 2. The molecule has 1 unspecified atom stereocenters. The van der Waals surface area contributed by atoms with Crippen LogP contribution in [0.2, 0.25) is 0 Å². The Labute approximate surface area is 187 Å². The Morgan fingerprint density at radius 2 is 1.97 bits per heavy atom. The summed E-state index contributed by atoms with van der Waals surface area (Å²) in [6, 6.07) is 5.69. The summed E-state index contributed by atoms with van der Waals surface area (Å²) in [6.45, 7) is 4.86. The van der Waals surface area contributed by atoms with E-state index in [0.717, 1.165) is 4.90 Å². The average Bonchev–Trinajstić information content (AvgIpc) is 3.41. The summed E-state index contributed by atoms with van der Waals surface area (Å²) in [7, 11) is 1.47. The van der Waals surface area contributed by atoms with Crippen LogP contribution in [-0.2, 0) is 9.59 Å². The fourth-order valence-electron chi connectivity index (χ4n) is 4.12. The first kappa shape index (κ1) is 22.0. The van der Waals surface area contributed by atoms with Gasteiger partial charge >= 0.3 is 5.91 Å². The van der Waals surface area contributed by atoms with Crippen molar-refractivity contribution < 1.29 is 28.4 Å². The van der Waals surface area contributed by atoms with E-state index in [2.05, 4.69) is 15.5 Å². The van der Waals surface area contributed by atoms with Gasteiger partial charge < -0.3 is 19.9 Å². The number of carbonyl (C=O) groups excluding carboxylic acids is 3. The van der Waals surface area contributed by atoms with Crippen molar-refractivity contribution in [2.75, 3.05) is 11.9 Å². The highest BCUT2D eigenvalue weighted by molar-refractivity contribution is 6.51. The molecule has 1 fully saturated rings. The van der Waals surface area contributed by atoms with E-state index in [1.165, 1.54) is 31.3 Å². The molecule has 4 rings (SSSR count). The Bertz CT molecular complexity index is 1340. The minimum absolute atomic E-state index is 0.0523. The highest BCUT2D eigenvalue weighted by Gasteiger charge is 2.48. The van der Waals surface area contributed by atoms with Crippen molar-refractivity contribution in [1.82, 2.24) is 15.5 Å². The number of halogens is 1. The fraction of sp³-hybridized carbons (Fsp3) is 0.217. The van der Waals surface area contributed by atoms with E-state index in [4.69, 9.17) is 4.52 Å². The number of aliphatic hydroxyl groups is 1. The number of aryl methyl sites for hydroxylation is 2. The van der Waals surface area contributed by atoms with E-state index >= 15 is 0 Å². The second kappa shape index (κ2) is 8.05. The first-order valence-corrected chi connectivity index (χ1v) is 10.1. The molecule has 0 aliphatic carbocycles. The fourth-order valence-corrected chi connectivity index (χ4v) is 4.12. The average molecular weight is 452 g/mol. The van der Waals surface area contributed by atoms with Crippen LogP contribution in [0, 0.1) is 26.6 Å². The Balaban J connectivity index is 1.99. The number of Topliss-reactive ketones (excluding diaryl/α,β-unsaturated/α-hetero) is 1. The number of ketones is 1. The van der Waals surface area contributed by atoms with E-state index in [-0.39, 0.29) is 28.2 Å². The number of benzene rings is 1. The third-order valence-corrected chi connectivity index (χ3v) is 5.60. The zero-order valence-corrected chi connectivity index (χ0v) is 18.3. The number of aromatic amines is 1. The Kier molecular flexibility index (Phi) is 5.36. The largest absolute Gasteiger partial charge is 0.507 e. The Hall–Kier alpha value is -4.21. The third-order valence-electron chi connectivity index (χ3n) is 5.60. The molecule has 3 N–H and O–H groups in total. The molecule has 2 amide bonds. The normalized spacial score (nSPS) is 17.6. The van der Waals surface area contributed by atoms with Gasteiger partial charge in [-0.15, -0.1) is 0 Å². The zero-order chi connectivity index (χ0) is 24.0. The van der Waals surface area contributed by atoms with Gasteiger partial charge in [0.1, 0.15) is 23.0 Å². The van der Waals surface area contributed by atoms with Gasteiger partial charge in [0.05, 0.1) is 11.6 Å². The summed E-state index contributed by atoms with van der Waals surface area (Å²) in [5.41, 5.74) is 1.24. The maximum absolute atomic E-state index is 14.1. The van der Waals surface area contributed by atoms with E-state index < -0.39 is 35.2 Å². The highest BCUT2D eigenvalue weighted by Crippen LogP contribution is 2.43. The van der Waals surface area contributed by atoms with Crippen LogP contribution >= 0.6 is 0 Å². The minimum Gasteiger partial charge on any atom is -0.507 e. The Morgan fingerprint density at radius 3 is 2.58 bits per heavy atom. The van der Waals surface area contributed by atoms with Crippen molar-refractivity contribution in [3.8, 4) is 0 Å². The maximum Gasteiger partial charge on any atom is 0.301 e. The van der Waals surface area contributed by atoms with Crippen molar-refractivity contribution in [1.29, 1.82) is 0 Å². The number of hydrogen-bond donors (Lipinski definition) is 3. The SMILES string of the molecule is CNC(=O)c1[nH]c(C)c(/C(O)=C2\C(=O)C(=O)N(c3cc(C)on3)C2c2cccc(F)c2)c1C. The second-order valence-corrected chi connectivity index (χ2v) is 7.72. The molecular weight excluding hydrogens is 431 g/mol. The van der Waals surface area contributed by atoms with Crippen LogP contribution in [0.3, 0.4) is 0 Å². The van der Waals surface area contributed by atoms with Crippen LogP contribution in [-0.4, -0.2) is 39.9 Å². The number of anilines is 1. The van der Waals surface area contributed by atoms with Gasteiger partial charge in [-0.25, -0.2) is 4.39 Å². The molecule has 0 radical (unpaired) electrons. The summed E-state index contributed by atoms with van der Waals surface area (Å²) in [4.78, 5) is 42.4. The molecule has 2 aromatic heterocycles. The number of carbonyl (C=O) groups is 3. The summed E-state index contributed by atoms with van der Waals surface area (Å²) in [5.74, 6) is -2.93. The van der Waals surface area contributed by atoms with Gasteiger partial charge in [0.2, 0.25) is 0 Å². The standard InChI is InChI=1S/C23H21FN4O5/c1-10-8-15(27-33-10)28-19(13-6-5-7-14(24)9-13)17(21(30)23(28)32)20(29)16-11(2)18(22(31)25-4)26-12(16)3/h5-9,19,26,29H,1-4H3,(H,25,31)/b20-17+. The van der Waals surface area contributed by atoms with Crippen molar-refractivity contribution in [3.63, 3.8) is 0 Å². The van der Waals surface area contributed by atoms with Gasteiger partial charge in [0.25, 0.3) is 11.7 Å². The number of rotatable bonds is 4. The molecule has 33 heavy (non-hydrogen) atoms. The first-order valence-electron chi connectivity index (χ1n) is 10.1. The van der Waals surface area contributed by atoms with Gasteiger partial charge in [0, 0.05) is 24.4 Å². The lowest BCUT2D eigenvalue weighted by atomic mass is 9.94. The van der Waals surface area contributed by atoms with E-state index in [9.17, 15) is 23.9 Å². The number of aliphatic hydroxyl groups excluding tert-OH is 1. The lowest BCUT2D eigenvalue weighted by Gasteiger charge is -2.23. The number of hydrogen-bond acceptors (Lipinski definition) is 6. The van der Waals surface area contributed by atoms with Gasteiger partial charge in [0.15, 0.2) is 5.82 Å². The second-order valence-electron chi connectivity index (χ2n) is 7.72. The van der Waals surface area contributed by atoms with Gasteiger partial charge in [-0.05, 0) is 44.0 Å². The van der Waals surface area contributed by atoms with Gasteiger partial charge in [-0.1, -0.05) is 17.3 Å². The van der Waals surface area contributed by atoms with Crippen LogP contribution in [0.5, 0.6) is 0 Å². The quantitative estimate of drug-likeness (QED) is 0.317. The lowest BCUT2D eigenvalue weighted by Crippen LogP contribution is -2.29. The number of aromatic nitrogens is 2. The molecular formula is C23H21FN4O5. The summed E-state index contributed by atoms with van der Waals surface area (Å²) in [6.07, 6.45) is 0. The van der Waals surface area contributed by atoms with Crippen molar-refractivity contribution in [2.45, 2.75) is 26.8 Å². The molecule has 1 aliphatic rings. The number of H-pyrrole nitrogens is 1. The molecule has 1 aliphatic heterocycles. The summed E-state index contributed by atoms with van der Waals surface area (Å²) < 4.78 is 19.2. The smallest absolute Gasteiger partial charge is 0.301 e. The lowest BCUT2D eigenvalue weighted by molar-refractivity contribution is -0.132. The Morgan fingerprint density at radius 1 is 1.24 bits per heavy atom. The van der Waals surface area contributed by atoms with Crippen molar-refractivity contribution >= 4 is 29.2 Å². The molecule has 170 valence electrons. The molecule has 0 spiro atoms. The predicted molar refractivity (Wildman–Crippen MR) is 116 cm³/mol. The predicted octanol–water partition coefficient (Wildman–Crippen LogP) is 3.05. The number of nitrogens with zero attached hydrogens (tertiary/aromatic N) is 2. The topological polar surface area (TPSA) is 129 Å². The van der Waals surface area contributed by atoms with Crippen LogP contribution in [0.25, 0.3) is 5.76 Å². The molecule has 1 saturated heterocycles. The van der Waals surface area contributed by atoms with Crippen LogP contribution < -0.4 is 10.2 Å². The summed E-state index contributed by atoms with van der Waals surface area (Å²) in [5, 5.41) is 17.6. The molecule has 1 aromatic carbocycles. The monoisotopic (exact) mass is 452 g/mol. The van der Waals surface area contributed by atoms with Crippen molar-refractivity contribution in [3.05, 3.63) is 75.6 Å². The van der Waals surface area contributed by atoms with Gasteiger partial charge in [-0.3, -0.25) is 19.3 Å². The molecule has 9 nitrogen and oxygen atoms in total. The molecule has 0 saturated carbocycles. The molecule has 3 aromatic rings. The van der Waals surface area contributed by atoms with Crippen LogP contribution in [0.1, 0.15) is 44.7 Å². The van der Waals surface area contributed by atoms with Crippen LogP contribution in [0.15, 0.2) is 40.4 Å². The zero-order valence-electron chi connectivity index (χ0n) is 18.3. The van der Waals surface area contributed by atoms with E-state index in [0.29, 0.717) is 17.0 Å².